The number of hydrogen-bond donors (Lipinski definition) is 2. The second-order valence-corrected chi connectivity index (χ2v) is 3.61. The van der Waals surface area contributed by atoms with Gasteiger partial charge in [-0.2, -0.15) is 0 Å². The number of nitrogens with one attached hydrogen (secondary N) is 1. The molecule has 0 fully saturated rings. The highest BCUT2D eigenvalue weighted by Gasteiger charge is 2.30. The van der Waals surface area contributed by atoms with Gasteiger partial charge in [0.05, 0.1) is 0 Å². The van der Waals surface area contributed by atoms with Crippen LogP contribution in [-0.4, -0.2) is 17.5 Å². The fraction of sp³-hybridized carbons (Fsp3) is 0.727. The second kappa shape index (κ2) is 7.71. The molecule has 0 saturated heterocycles. The van der Waals surface area contributed by atoms with Gasteiger partial charge in [-0.3, -0.25) is 4.79 Å². The molecule has 0 aromatic carbocycles. The highest BCUT2D eigenvalue weighted by atomic mass is 35.5. The summed E-state index contributed by atoms with van der Waals surface area (Å²) in [6.45, 7) is 9.55. The molecular formula is C11H23ClN2O. The third-order valence-electron chi connectivity index (χ3n) is 2.92. The van der Waals surface area contributed by atoms with Crippen LogP contribution in [-0.2, 0) is 4.79 Å². The summed E-state index contributed by atoms with van der Waals surface area (Å²) in [5.41, 5.74) is 5.91. The van der Waals surface area contributed by atoms with Gasteiger partial charge in [0.1, 0.15) is 0 Å². The number of hydrogen-bond acceptors (Lipinski definition) is 2. The van der Waals surface area contributed by atoms with Crippen LogP contribution >= 0.6 is 12.4 Å². The van der Waals surface area contributed by atoms with Crippen molar-refractivity contribution in [3.63, 3.8) is 0 Å². The molecule has 4 heteroatoms. The van der Waals surface area contributed by atoms with Crippen LogP contribution in [0.1, 0.15) is 40.0 Å². The Morgan fingerprint density at radius 1 is 1.47 bits per heavy atom. The lowest BCUT2D eigenvalue weighted by molar-refractivity contribution is -0.117. The third kappa shape index (κ3) is 4.67. The van der Waals surface area contributed by atoms with Crippen LogP contribution in [0.25, 0.3) is 0 Å². The zero-order valence-corrected chi connectivity index (χ0v) is 10.7. The van der Waals surface area contributed by atoms with E-state index >= 15 is 0 Å². The molecule has 1 unspecified atom stereocenters. The first-order valence-corrected chi connectivity index (χ1v) is 5.25. The number of nitrogens with two attached hydrogens (primary N) is 1. The molecule has 0 bridgehead atoms. The predicted octanol–water partition coefficient (Wildman–Crippen LogP) is 2.01. The molecule has 0 aliphatic carbocycles. The zero-order valence-electron chi connectivity index (χ0n) is 9.88. The summed E-state index contributed by atoms with van der Waals surface area (Å²) in [6.07, 6.45) is 3.85. The Labute approximate surface area is 98.9 Å². The van der Waals surface area contributed by atoms with Crippen LogP contribution in [0, 0.1) is 0 Å². The van der Waals surface area contributed by atoms with E-state index in [0.717, 1.165) is 19.3 Å². The molecule has 0 spiro atoms. The average Bonchev–Trinajstić information content (AvgIpc) is 2.24. The lowest BCUT2D eigenvalue weighted by Gasteiger charge is -2.35. The molecule has 0 aromatic heterocycles. The van der Waals surface area contributed by atoms with Gasteiger partial charge in [0, 0.05) is 11.6 Å². The first kappa shape index (κ1) is 16.9. The molecule has 3 N–H and O–H groups in total. The summed E-state index contributed by atoms with van der Waals surface area (Å²) in [5.74, 6) is -0.145. The van der Waals surface area contributed by atoms with Gasteiger partial charge in [-0.25, -0.2) is 0 Å². The molecule has 0 heterocycles. The Hall–Kier alpha value is -0.540. The van der Waals surface area contributed by atoms with Gasteiger partial charge in [-0.1, -0.05) is 27.4 Å². The van der Waals surface area contributed by atoms with Crippen molar-refractivity contribution in [2.24, 2.45) is 5.73 Å². The lowest BCUT2D eigenvalue weighted by Crippen LogP contribution is -2.57. The topological polar surface area (TPSA) is 55.1 Å². The minimum Gasteiger partial charge on any atom is -0.348 e. The molecule has 0 aliphatic heterocycles. The predicted molar refractivity (Wildman–Crippen MR) is 67.2 cm³/mol. The van der Waals surface area contributed by atoms with Crippen molar-refractivity contribution < 1.29 is 4.79 Å². The molecule has 90 valence electrons. The number of halogens is 1. The van der Waals surface area contributed by atoms with E-state index in [2.05, 4.69) is 11.9 Å². The molecule has 0 aromatic rings. The van der Waals surface area contributed by atoms with E-state index in [1.165, 1.54) is 6.08 Å². The second-order valence-electron chi connectivity index (χ2n) is 3.61. The van der Waals surface area contributed by atoms with Gasteiger partial charge in [-0.05, 0) is 25.3 Å². The van der Waals surface area contributed by atoms with Crippen LogP contribution in [0.4, 0.5) is 0 Å². The smallest absolute Gasteiger partial charge is 0.243 e. The number of carbonyl (C=O) groups is 1. The lowest BCUT2D eigenvalue weighted by atomic mass is 9.84. The molecule has 15 heavy (non-hydrogen) atoms. The van der Waals surface area contributed by atoms with E-state index in [1.54, 1.807) is 0 Å². The largest absolute Gasteiger partial charge is 0.348 e. The summed E-state index contributed by atoms with van der Waals surface area (Å²) in [5, 5.41) is 2.88. The first-order chi connectivity index (χ1) is 6.53. The number of rotatable bonds is 6. The SMILES string of the molecule is C=CC(=O)NC(CC)C(N)(CC)CC.Cl. The maximum atomic E-state index is 11.2. The van der Waals surface area contributed by atoms with Crippen molar-refractivity contribution >= 4 is 18.3 Å². The molecular weight excluding hydrogens is 212 g/mol. The van der Waals surface area contributed by atoms with Crippen molar-refractivity contribution in [3.8, 4) is 0 Å². The molecule has 3 nitrogen and oxygen atoms in total. The van der Waals surface area contributed by atoms with Crippen molar-refractivity contribution in [2.75, 3.05) is 0 Å². The van der Waals surface area contributed by atoms with E-state index in [9.17, 15) is 4.79 Å². The Morgan fingerprint density at radius 3 is 2.20 bits per heavy atom. The summed E-state index contributed by atoms with van der Waals surface area (Å²) < 4.78 is 0. The fourth-order valence-corrected chi connectivity index (χ4v) is 1.63. The number of amides is 1. The van der Waals surface area contributed by atoms with E-state index in [-0.39, 0.29) is 29.9 Å². The molecule has 1 amide bonds. The summed E-state index contributed by atoms with van der Waals surface area (Å²) in [7, 11) is 0. The summed E-state index contributed by atoms with van der Waals surface area (Å²) >= 11 is 0. The van der Waals surface area contributed by atoms with E-state index < -0.39 is 0 Å². The van der Waals surface area contributed by atoms with E-state index in [1.807, 2.05) is 20.8 Å². The van der Waals surface area contributed by atoms with Gasteiger partial charge in [0.25, 0.3) is 0 Å². The Morgan fingerprint density at radius 2 is 1.93 bits per heavy atom. The highest BCUT2D eigenvalue weighted by molar-refractivity contribution is 5.87. The summed E-state index contributed by atoms with van der Waals surface area (Å²) in [4.78, 5) is 11.2. The Kier molecular flexibility index (Phi) is 8.68. The fourth-order valence-electron chi connectivity index (χ4n) is 1.63. The Balaban J connectivity index is 0. The van der Waals surface area contributed by atoms with Crippen molar-refractivity contribution in [3.05, 3.63) is 12.7 Å². The molecule has 1 atom stereocenters. The zero-order chi connectivity index (χ0) is 11.2. The van der Waals surface area contributed by atoms with Crippen LogP contribution in [0.3, 0.4) is 0 Å². The minimum atomic E-state index is -0.298. The van der Waals surface area contributed by atoms with Crippen LogP contribution in [0.15, 0.2) is 12.7 Å². The maximum absolute atomic E-state index is 11.2. The van der Waals surface area contributed by atoms with Gasteiger partial charge in [0.2, 0.25) is 5.91 Å². The monoisotopic (exact) mass is 234 g/mol. The standard InChI is InChI=1S/C11H22N2O.ClH/c1-5-9(13-10(14)6-2)11(12,7-3)8-4;/h6,9H,2,5,7-8,12H2,1,3-4H3,(H,13,14);1H. The number of carbonyl (C=O) groups excluding carboxylic acids is 1. The van der Waals surface area contributed by atoms with Gasteiger partial charge in [-0.15, -0.1) is 12.4 Å². The molecule has 0 radical (unpaired) electrons. The molecule has 0 rings (SSSR count). The van der Waals surface area contributed by atoms with Crippen molar-refractivity contribution in [1.29, 1.82) is 0 Å². The van der Waals surface area contributed by atoms with Gasteiger partial charge in [0.15, 0.2) is 0 Å². The first-order valence-electron chi connectivity index (χ1n) is 5.25. The highest BCUT2D eigenvalue weighted by Crippen LogP contribution is 2.18. The van der Waals surface area contributed by atoms with E-state index in [0.29, 0.717) is 0 Å². The molecule has 0 saturated carbocycles. The molecule has 0 aliphatic rings. The van der Waals surface area contributed by atoms with Crippen molar-refractivity contribution in [2.45, 2.75) is 51.6 Å². The van der Waals surface area contributed by atoms with Crippen LogP contribution in [0.2, 0.25) is 0 Å². The summed E-state index contributed by atoms with van der Waals surface area (Å²) in [6, 6.07) is 0.0306. The maximum Gasteiger partial charge on any atom is 0.243 e. The van der Waals surface area contributed by atoms with Crippen LogP contribution in [0.5, 0.6) is 0 Å². The van der Waals surface area contributed by atoms with Crippen molar-refractivity contribution in [1.82, 2.24) is 5.32 Å². The minimum absolute atomic E-state index is 0. The van der Waals surface area contributed by atoms with E-state index in [4.69, 9.17) is 5.73 Å². The quantitative estimate of drug-likeness (QED) is 0.691. The average molecular weight is 235 g/mol. The van der Waals surface area contributed by atoms with Gasteiger partial charge < -0.3 is 11.1 Å². The Bertz CT molecular complexity index is 203. The van der Waals surface area contributed by atoms with Gasteiger partial charge >= 0.3 is 0 Å². The van der Waals surface area contributed by atoms with Crippen LogP contribution < -0.4 is 11.1 Å². The third-order valence-corrected chi connectivity index (χ3v) is 2.92. The normalized spacial score (nSPS) is 12.5.